The third-order valence-electron chi connectivity index (χ3n) is 12.5. The van der Waals surface area contributed by atoms with Crippen molar-refractivity contribution in [1.29, 1.82) is 0 Å². The van der Waals surface area contributed by atoms with E-state index in [9.17, 15) is 0 Å². The van der Waals surface area contributed by atoms with Gasteiger partial charge in [0, 0.05) is 32.7 Å². The van der Waals surface area contributed by atoms with Crippen LogP contribution in [0.5, 0.6) is 34.5 Å². The molecule has 0 N–H and O–H groups in total. The number of nitrogens with zero attached hydrogens (tertiary/aromatic N) is 1. The first-order valence-electron chi connectivity index (χ1n) is 20.7. The molecule has 0 atom stereocenters. The number of fused-ring (bicyclic) bond motifs is 8. The quantitative estimate of drug-likeness (QED) is 0.162. The average Bonchev–Trinajstić information content (AvgIpc) is 3.31. The van der Waals surface area contributed by atoms with E-state index in [1.165, 1.54) is 31.7 Å². The molecule has 9 aromatic carbocycles. The summed E-state index contributed by atoms with van der Waals surface area (Å²) in [7, 11) is 0. The van der Waals surface area contributed by atoms with Gasteiger partial charge >= 0.3 is 0 Å². The lowest BCUT2D eigenvalue weighted by Crippen LogP contribution is -2.61. The van der Waals surface area contributed by atoms with Crippen molar-refractivity contribution in [3.63, 3.8) is 0 Å². The van der Waals surface area contributed by atoms with Crippen LogP contribution in [0.15, 0.2) is 210 Å². The van der Waals surface area contributed by atoms with Crippen LogP contribution in [-0.2, 0) is 0 Å². The Morgan fingerprint density at radius 3 is 1.48 bits per heavy atom. The van der Waals surface area contributed by atoms with E-state index in [2.05, 4.69) is 205 Å². The minimum absolute atomic E-state index is 0.0275. The minimum atomic E-state index is -0.0731. The summed E-state index contributed by atoms with van der Waals surface area (Å²) in [5.74, 6) is 5.16. The van der Waals surface area contributed by atoms with Crippen LogP contribution >= 0.6 is 11.8 Å². The summed E-state index contributed by atoms with van der Waals surface area (Å²) in [6.45, 7) is -0.101. The minimum Gasteiger partial charge on any atom is -0.458 e. The van der Waals surface area contributed by atoms with E-state index >= 15 is 0 Å². The zero-order chi connectivity index (χ0) is 40.0. The third kappa shape index (κ3) is 5.44. The summed E-state index contributed by atoms with van der Waals surface area (Å²) in [6, 6.07) is 71.0. The Hall–Kier alpha value is -7.34. The van der Waals surface area contributed by atoms with Gasteiger partial charge in [-0.3, -0.25) is 0 Å². The van der Waals surface area contributed by atoms with Gasteiger partial charge in [0.15, 0.2) is 0 Å². The molecule has 4 aliphatic rings. The number of hydrogen-bond donors (Lipinski definition) is 0. The molecule has 0 bridgehead atoms. The fourth-order valence-corrected chi connectivity index (χ4v) is 11.1. The monoisotopic (exact) mass is 797 g/mol. The van der Waals surface area contributed by atoms with Gasteiger partial charge in [0.2, 0.25) is 0 Å². The first-order chi connectivity index (χ1) is 30.2. The zero-order valence-corrected chi connectivity index (χ0v) is 33.6. The van der Waals surface area contributed by atoms with E-state index in [1.807, 2.05) is 0 Å². The van der Waals surface area contributed by atoms with Gasteiger partial charge in [-0.1, -0.05) is 151 Å². The first kappa shape index (κ1) is 34.5. The number of hydrogen-bond acceptors (Lipinski definition) is 5. The van der Waals surface area contributed by atoms with E-state index < -0.39 is 0 Å². The molecule has 9 aromatic rings. The fourth-order valence-electron chi connectivity index (χ4n) is 9.86. The predicted molar refractivity (Wildman–Crippen MR) is 251 cm³/mol. The number of benzene rings is 9. The molecular formula is C54H33B2NO3S. The molecule has 13 rings (SSSR count). The highest BCUT2D eigenvalue weighted by Crippen LogP contribution is 2.46. The maximum Gasteiger partial charge on any atom is 0.260 e. The predicted octanol–water partition coefficient (Wildman–Crippen LogP) is 10.3. The summed E-state index contributed by atoms with van der Waals surface area (Å²) in [4.78, 5) is 4.66. The summed E-state index contributed by atoms with van der Waals surface area (Å²) in [5, 5.41) is 0. The maximum atomic E-state index is 7.13. The largest absolute Gasteiger partial charge is 0.458 e. The van der Waals surface area contributed by atoms with Crippen molar-refractivity contribution in [3.8, 4) is 56.8 Å². The molecule has 0 fully saturated rings. The molecule has 0 aromatic heterocycles. The van der Waals surface area contributed by atoms with E-state index in [0.717, 1.165) is 84.6 Å². The molecule has 7 heteroatoms. The Kier molecular flexibility index (Phi) is 7.69. The highest BCUT2D eigenvalue weighted by Gasteiger charge is 2.45. The van der Waals surface area contributed by atoms with Gasteiger partial charge in [-0.05, 0) is 105 Å². The summed E-state index contributed by atoms with van der Waals surface area (Å²) >= 11 is 1.80. The van der Waals surface area contributed by atoms with Crippen LogP contribution in [0, 0.1) is 0 Å². The molecular weight excluding hydrogens is 764 g/mol. The van der Waals surface area contributed by atoms with Gasteiger partial charge in [-0.25, -0.2) is 0 Å². The maximum absolute atomic E-state index is 7.13. The average molecular weight is 798 g/mol. The van der Waals surface area contributed by atoms with Crippen LogP contribution in [0.1, 0.15) is 0 Å². The molecule has 4 aliphatic heterocycles. The second-order valence-corrected chi connectivity index (χ2v) is 17.0. The van der Waals surface area contributed by atoms with Crippen molar-refractivity contribution in [1.82, 2.24) is 0 Å². The van der Waals surface area contributed by atoms with E-state index in [-0.39, 0.29) is 13.4 Å². The number of ether oxygens (including phenoxy) is 3. The van der Waals surface area contributed by atoms with Crippen molar-refractivity contribution in [2.75, 3.05) is 4.90 Å². The van der Waals surface area contributed by atoms with Crippen molar-refractivity contribution in [2.45, 2.75) is 9.79 Å². The van der Waals surface area contributed by atoms with Crippen LogP contribution in [-0.4, -0.2) is 13.4 Å². The Bertz CT molecular complexity index is 3190. The molecule has 61 heavy (non-hydrogen) atoms. The lowest BCUT2D eigenvalue weighted by Gasteiger charge is -2.37. The molecule has 0 saturated heterocycles. The fraction of sp³-hybridized carbons (Fsp3) is 0. The van der Waals surface area contributed by atoms with Crippen molar-refractivity contribution < 1.29 is 14.2 Å². The van der Waals surface area contributed by atoms with E-state index in [1.54, 1.807) is 11.8 Å². The molecule has 4 nitrogen and oxygen atoms in total. The topological polar surface area (TPSA) is 30.9 Å². The van der Waals surface area contributed by atoms with Gasteiger partial charge in [-0.15, -0.1) is 0 Å². The van der Waals surface area contributed by atoms with Crippen LogP contribution in [0.2, 0.25) is 0 Å². The second-order valence-electron chi connectivity index (χ2n) is 15.9. The van der Waals surface area contributed by atoms with Crippen molar-refractivity contribution in [2.24, 2.45) is 0 Å². The Balaban J connectivity index is 0.996. The van der Waals surface area contributed by atoms with Crippen molar-refractivity contribution >= 4 is 75.0 Å². The Labute approximate surface area is 359 Å². The highest BCUT2D eigenvalue weighted by atomic mass is 32.2. The van der Waals surface area contributed by atoms with E-state index in [4.69, 9.17) is 14.2 Å². The normalized spacial score (nSPS) is 13.2. The number of anilines is 3. The molecule has 4 heterocycles. The Morgan fingerprint density at radius 2 is 0.836 bits per heavy atom. The second kappa shape index (κ2) is 13.6. The molecule has 0 unspecified atom stereocenters. The Morgan fingerprint density at radius 1 is 0.328 bits per heavy atom. The molecule has 0 radical (unpaired) electrons. The van der Waals surface area contributed by atoms with Gasteiger partial charge in [0.25, 0.3) is 13.4 Å². The molecule has 284 valence electrons. The van der Waals surface area contributed by atoms with E-state index in [0.29, 0.717) is 0 Å². The van der Waals surface area contributed by atoms with Crippen LogP contribution < -0.4 is 51.9 Å². The van der Waals surface area contributed by atoms with Gasteiger partial charge in [-0.2, -0.15) is 0 Å². The van der Waals surface area contributed by atoms with Crippen molar-refractivity contribution in [3.05, 3.63) is 200 Å². The highest BCUT2D eigenvalue weighted by molar-refractivity contribution is 8.00. The smallest absolute Gasteiger partial charge is 0.260 e. The van der Waals surface area contributed by atoms with Crippen LogP contribution in [0.25, 0.3) is 22.3 Å². The lowest BCUT2D eigenvalue weighted by molar-refractivity contribution is 0.464. The molecule has 0 saturated carbocycles. The summed E-state index contributed by atoms with van der Waals surface area (Å²) < 4.78 is 20.8. The molecule has 0 aliphatic carbocycles. The van der Waals surface area contributed by atoms with Crippen LogP contribution in [0.4, 0.5) is 17.1 Å². The number of para-hydroxylation sites is 4. The summed E-state index contributed by atoms with van der Waals surface area (Å²) in [5.41, 5.74) is 14.7. The van der Waals surface area contributed by atoms with Gasteiger partial charge in [0.05, 0.1) is 5.69 Å². The summed E-state index contributed by atoms with van der Waals surface area (Å²) in [6.07, 6.45) is 0. The first-order valence-corrected chi connectivity index (χ1v) is 21.5. The van der Waals surface area contributed by atoms with Gasteiger partial charge in [0.1, 0.15) is 34.5 Å². The SMILES string of the molecule is c1ccc(-c2ccccc2-c2cc3c4c(c2)Oc2cc5c(cc2B4c2ccccc2O3)B2c3ccccc3Oc3cc(N(c4ccccc4)c4ccccc4)cc(c32)S5)cc1. The third-order valence-corrected chi connectivity index (χ3v) is 13.6. The van der Waals surface area contributed by atoms with Gasteiger partial charge < -0.3 is 19.1 Å². The standard InChI is InChI=1S/C54H33B2NO3S/c1-4-16-34(17-5-1)39-22-10-11-23-40(39)35-28-48-53-49(29-35)60-47-33-51-44(32-43(47)55(53)41-24-12-14-26-45(41)58-48)56-42-25-13-15-27-46(42)59-50-30-38(31-52(61-51)54(50)56)57(36-18-6-2-7-19-36)37-20-8-3-9-21-37/h1-33H. The lowest BCUT2D eigenvalue weighted by atomic mass is 9.32. The van der Waals surface area contributed by atoms with Crippen LogP contribution in [0.3, 0.4) is 0 Å². The zero-order valence-electron chi connectivity index (χ0n) is 32.8. The number of rotatable bonds is 5. The molecule has 0 spiro atoms. The molecule has 0 amide bonds.